The van der Waals surface area contributed by atoms with Gasteiger partial charge in [0.25, 0.3) is 0 Å². The first-order valence-electron chi connectivity index (χ1n) is 7.50. The maximum absolute atomic E-state index is 5.37. The molecule has 1 saturated carbocycles. The maximum atomic E-state index is 5.37. The van der Waals surface area contributed by atoms with Gasteiger partial charge in [-0.1, -0.05) is 34.8 Å². The Kier molecular flexibility index (Phi) is 4.34. The van der Waals surface area contributed by atoms with Gasteiger partial charge < -0.3 is 9.64 Å². The molecule has 4 heteroatoms. The molecule has 1 aliphatic rings. The Bertz CT molecular complexity index is 631. The van der Waals surface area contributed by atoms with E-state index in [9.17, 15) is 0 Å². The monoisotopic (exact) mass is 348 g/mol. The van der Waals surface area contributed by atoms with Crippen molar-refractivity contribution in [3.05, 3.63) is 30.5 Å². The number of nitrogens with zero attached hydrogens (tertiary/aromatic N) is 2. The largest absolute Gasteiger partial charge is 0.497 e. The van der Waals surface area contributed by atoms with Crippen LogP contribution in [0.3, 0.4) is 0 Å². The highest BCUT2D eigenvalue weighted by Gasteiger charge is 2.27. The van der Waals surface area contributed by atoms with Gasteiger partial charge in [0.15, 0.2) is 0 Å². The van der Waals surface area contributed by atoms with Gasteiger partial charge in [0.2, 0.25) is 0 Å². The van der Waals surface area contributed by atoms with E-state index in [2.05, 4.69) is 51.1 Å². The molecule has 3 nitrogen and oxygen atoms in total. The zero-order chi connectivity index (χ0) is 14.8. The van der Waals surface area contributed by atoms with E-state index in [4.69, 9.17) is 4.74 Å². The normalized spacial score (nSPS) is 22.2. The lowest BCUT2D eigenvalue weighted by Gasteiger charge is -2.36. The molecule has 3 rings (SSSR count). The number of alkyl halides is 1. The molecule has 1 heterocycles. The van der Waals surface area contributed by atoms with Crippen molar-refractivity contribution in [3.8, 4) is 5.75 Å². The van der Waals surface area contributed by atoms with Crippen LogP contribution in [0, 0.1) is 0 Å². The zero-order valence-electron chi connectivity index (χ0n) is 12.6. The number of ether oxygens (including phenoxy) is 1. The minimum Gasteiger partial charge on any atom is -0.497 e. The molecular formula is C17H21BrN2O. The number of hydrogen-bond donors (Lipinski definition) is 0. The van der Waals surface area contributed by atoms with Gasteiger partial charge in [-0.05, 0) is 36.4 Å². The SMILES string of the molecule is COc1ccc2ccnc(N(C)C3CCCCC3Br)c2c1. The van der Waals surface area contributed by atoms with Gasteiger partial charge in [-0.3, -0.25) is 0 Å². The van der Waals surface area contributed by atoms with Crippen LogP contribution < -0.4 is 9.64 Å². The molecule has 2 atom stereocenters. The van der Waals surface area contributed by atoms with Gasteiger partial charge in [-0.2, -0.15) is 0 Å². The molecule has 0 saturated heterocycles. The molecule has 112 valence electrons. The van der Waals surface area contributed by atoms with Crippen LogP contribution in [0.4, 0.5) is 5.82 Å². The molecule has 1 fully saturated rings. The first-order valence-corrected chi connectivity index (χ1v) is 8.42. The molecule has 1 aliphatic carbocycles. The van der Waals surface area contributed by atoms with Crippen molar-refractivity contribution in [3.63, 3.8) is 0 Å². The van der Waals surface area contributed by atoms with Crippen molar-refractivity contribution in [2.75, 3.05) is 19.1 Å². The number of methoxy groups -OCH3 is 1. The molecule has 1 aromatic carbocycles. The summed E-state index contributed by atoms with van der Waals surface area (Å²) in [6.45, 7) is 0. The lowest BCUT2D eigenvalue weighted by Crippen LogP contribution is -2.41. The van der Waals surface area contributed by atoms with Gasteiger partial charge >= 0.3 is 0 Å². The van der Waals surface area contributed by atoms with Crippen LogP contribution in [0.25, 0.3) is 10.8 Å². The quantitative estimate of drug-likeness (QED) is 0.769. The topological polar surface area (TPSA) is 25.4 Å². The fourth-order valence-corrected chi connectivity index (χ4v) is 4.14. The Morgan fingerprint density at radius 3 is 2.81 bits per heavy atom. The molecule has 2 unspecified atom stereocenters. The molecule has 0 radical (unpaired) electrons. The van der Waals surface area contributed by atoms with E-state index in [1.165, 1.54) is 31.1 Å². The summed E-state index contributed by atoms with van der Waals surface area (Å²) in [6, 6.07) is 8.74. The number of anilines is 1. The molecular weight excluding hydrogens is 328 g/mol. The van der Waals surface area contributed by atoms with Crippen molar-refractivity contribution < 1.29 is 4.74 Å². The van der Waals surface area contributed by atoms with E-state index in [-0.39, 0.29) is 0 Å². The second-order valence-electron chi connectivity index (χ2n) is 5.70. The summed E-state index contributed by atoms with van der Waals surface area (Å²) in [6.07, 6.45) is 6.96. The molecule has 0 N–H and O–H groups in total. The summed E-state index contributed by atoms with van der Waals surface area (Å²) in [5.41, 5.74) is 0. The third-order valence-electron chi connectivity index (χ3n) is 4.43. The molecule has 0 amide bonds. The lowest BCUT2D eigenvalue weighted by atomic mass is 9.94. The van der Waals surface area contributed by atoms with Crippen LogP contribution in [-0.2, 0) is 0 Å². The van der Waals surface area contributed by atoms with Gasteiger partial charge in [-0.25, -0.2) is 4.98 Å². The van der Waals surface area contributed by atoms with E-state index in [0.29, 0.717) is 10.9 Å². The van der Waals surface area contributed by atoms with Crippen molar-refractivity contribution >= 4 is 32.5 Å². The smallest absolute Gasteiger partial charge is 0.136 e. The fourth-order valence-electron chi connectivity index (χ4n) is 3.20. The van der Waals surface area contributed by atoms with Crippen LogP contribution in [-0.4, -0.2) is 30.0 Å². The van der Waals surface area contributed by atoms with E-state index in [1.54, 1.807) is 7.11 Å². The molecule has 2 aromatic rings. The summed E-state index contributed by atoms with van der Waals surface area (Å²) in [4.78, 5) is 7.52. The number of halogens is 1. The average Bonchev–Trinajstić information content (AvgIpc) is 2.53. The third kappa shape index (κ3) is 2.86. The Balaban J connectivity index is 2.02. The molecule has 21 heavy (non-hydrogen) atoms. The second-order valence-corrected chi connectivity index (χ2v) is 6.88. The predicted octanol–water partition coefficient (Wildman–Crippen LogP) is 4.39. The van der Waals surface area contributed by atoms with Crippen LogP contribution in [0.2, 0.25) is 0 Å². The number of fused-ring (bicyclic) bond motifs is 1. The molecule has 1 aromatic heterocycles. The summed E-state index contributed by atoms with van der Waals surface area (Å²) in [5, 5.41) is 2.36. The molecule has 0 spiro atoms. The standard InChI is InChI=1S/C17H21BrN2O/c1-20(16-6-4-3-5-15(16)18)17-14-11-13(21-2)8-7-12(14)9-10-19-17/h7-11,15-16H,3-6H2,1-2H3. The summed E-state index contributed by atoms with van der Waals surface area (Å²) >= 11 is 3.85. The minimum absolute atomic E-state index is 0.503. The number of hydrogen-bond acceptors (Lipinski definition) is 3. The van der Waals surface area contributed by atoms with E-state index in [0.717, 1.165) is 17.0 Å². The Labute approximate surface area is 134 Å². The Hall–Kier alpha value is -1.29. The van der Waals surface area contributed by atoms with Crippen molar-refractivity contribution in [2.24, 2.45) is 0 Å². The first kappa shape index (κ1) is 14.6. The van der Waals surface area contributed by atoms with Gasteiger partial charge in [0, 0.05) is 29.5 Å². The Morgan fingerprint density at radius 1 is 1.24 bits per heavy atom. The third-order valence-corrected chi connectivity index (χ3v) is 5.50. The predicted molar refractivity (Wildman–Crippen MR) is 91.7 cm³/mol. The maximum Gasteiger partial charge on any atom is 0.136 e. The highest BCUT2D eigenvalue weighted by atomic mass is 79.9. The van der Waals surface area contributed by atoms with Crippen LogP contribution in [0.15, 0.2) is 30.5 Å². The number of pyridine rings is 1. The second kappa shape index (κ2) is 6.22. The minimum atomic E-state index is 0.503. The average molecular weight is 349 g/mol. The van der Waals surface area contributed by atoms with Gasteiger partial charge in [0.05, 0.1) is 7.11 Å². The van der Waals surface area contributed by atoms with Crippen LogP contribution in [0.1, 0.15) is 25.7 Å². The molecule has 0 bridgehead atoms. The van der Waals surface area contributed by atoms with Gasteiger partial charge in [0.1, 0.15) is 11.6 Å². The van der Waals surface area contributed by atoms with Crippen molar-refractivity contribution in [2.45, 2.75) is 36.6 Å². The highest BCUT2D eigenvalue weighted by molar-refractivity contribution is 9.09. The lowest BCUT2D eigenvalue weighted by molar-refractivity contribution is 0.415. The number of benzene rings is 1. The number of aromatic nitrogens is 1. The van der Waals surface area contributed by atoms with Crippen LogP contribution in [0.5, 0.6) is 5.75 Å². The van der Waals surface area contributed by atoms with E-state index in [1.807, 2.05) is 12.3 Å². The van der Waals surface area contributed by atoms with E-state index < -0.39 is 0 Å². The van der Waals surface area contributed by atoms with Gasteiger partial charge in [-0.15, -0.1) is 0 Å². The summed E-state index contributed by atoms with van der Waals surface area (Å²) in [7, 11) is 3.86. The van der Waals surface area contributed by atoms with Crippen molar-refractivity contribution in [1.29, 1.82) is 0 Å². The van der Waals surface area contributed by atoms with E-state index >= 15 is 0 Å². The summed E-state index contributed by atoms with van der Waals surface area (Å²) < 4.78 is 5.37. The molecule has 0 aliphatic heterocycles. The summed E-state index contributed by atoms with van der Waals surface area (Å²) in [5.74, 6) is 1.92. The fraction of sp³-hybridized carbons (Fsp3) is 0.471. The highest BCUT2D eigenvalue weighted by Crippen LogP contribution is 2.34. The van der Waals surface area contributed by atoms with Crippen molar-refractivity contribution in [1.82, 2.24) is 4.98 Å². The zero-order valence-corrected chi connectivity index (χ0v) is 14.1. The number of rotatable bonds is 3. The Morgan fingerprint density at radius 2 is 2.05 bits per heavy atom. The first-order chi connectivity index (χ1) is 10.2. The van der Waals surface area contributed by atoms with Crippen LogP contribution >= 0.6 is 15.9 Å².